The molecule has 2 aromatic heterocycles. The molecule has 3 aromatic rings. The van der Waals surface area contributed by atoms with Crippen LogP contribution in [0.2, 0.25) is 0 Å². The Hall–Kier alpha value is -2.77. The quantitative estimate of drug-likeness (QED) is 0.576. The zero-order valence-electron chi connectivity index (χ0n) is 18.0. The largest absolute Gasteiger partial charge is 0.376 e. The third-order valence-electron chi connectivity index (χ3n) is 5.77. The lowest BCUT2D eigenvalue weighted by Gasteiger charge is -2.27. The highest BCUT2D eigenvalue weighted by atomic mass is 32.1. The van der Waals surface area contributed by atoms with Gasteiger partial charge in [-0.2, -0.15) is 0 Å². The van der Waals surface area contributed by atoms with Gasteiger partial charge in [0.05, 0.1) is 18.2 Å². The molecule has 4 rings (SSSR count). The van der Waals surface area contributed by atoms with Crippen LogP contribution in [-0.2, 0) is 17.8 Å². The van der Waals surface area contributed by atoms with Crippen molar-refractivity contribution in [2.75, 3.05) is 13.2 Å². The fourth-order valence-electron chi connectivity index (χ4n) is 3.97. The lowest BCUT2D eigenvalue weighted by molar-refractivity contribution is 0.113. The van der Waals surface area contributed by atoms with Gasteiger partial charge in [-0.25, -0.2) is 0 Å². The molecule has 3 heterocycles. The number of benzene rings is 1. The van der Waals surface area contributed by atoms with Gasteiger partial charge in [-0.05, 0) is 67.7 Å². The first-order valence-electron chi connectivity index (χ1n) is 10.7. The summed E-state index contributed by atoms with van der Waals surface area (Å²) >= 11 is 5.72. The standard InChI is InChI=1S/C24H28N4O2S/c1-16-7-8-17(2)22-21(16)11-19(23(29)27-22)15-28(14-18-5-3-9-25-12-18)24(31)26-13-20-6-4-10-30-20/h3,5,7-9,11-12,20H,4,6,10,13-15H2,1-2H3,(H,26,31)(H,27,29)/t20-/m1/s1. The number of pyridine rings is 2. The van der Waals surface area contributed by atoms with Crippen LogP contribution in [-0.4, -0.2) is 39.2 Å². The number of nitrogens with zero attached hydrogens (tertiary/aromatic N) is 2. The van der Waals surface area contributed by atoms with Crippen LogP contribution in [0.1, 0.15) is 35.1 Å². The van der Waals surface area contributed by atoms with Crippen molar-refractivity contribution >= 4 is 28.2 Å². The average Bonchev–Trinajstić information content (AvgIpc) is 3.29. The van der Waals surface area contributed by atoms with E-state index in [2.05, 4.69) is 28.3 Å². The maximum absolute atomic E-state index is 12.9. The van der Waals surface area contributed by atoms with E-state index in [1.54, 1.807) is 6.20 Å². The number of ether oxygens (including phenoxy) is 1. The van der Waals surface area contributed by atoms with Gasteiger partial charge in [0.1, 0.15) is 0 Å². The Balaban J connectivity index is 1.60. The smallest absolute Gasteiger partial charge is 0.253 e. The van der Waals surface area contributed by atoms with E-state index in [-0.39, 0.29) is 11.7 Å². The number of nitrogens with one attached hydrogen (secondary N) is 2. The van der Waals surface area contributed by atoms with E-state index in [1.165, 1.54) is 0 Å². The van der Waals surface area contributed by atoms with E-state index in [0.717, 1.165) is 47.0 Å². The van der Waals surface area contributed by atoms with Gasteiger partial charge in [0.25, 0.3) is 5.56 Å². The van der Waals surface area contributed by atoms with Crippen molar-refractivity contribution in [2.24, 2.45) is 0 Å². The molecule has 7 heteroatoms. The number of H-pyrrole nitrogens is 1. The van der Waals surface area contributed by atoms with Crippen LogP contribution in [0.4, 0.5) is 0 Å². The second kappa shape index (κ2) is 9.58. The minimum atomic E-state index is -0.0840. The number of aryl methyl sites for hydroxylation is 2. The fourth-order valence-corrected chi connectivity index (χ4v) is 4.18. The molecule has 1 saturated heterocycles. The first kappa shape index (κ1) is 21.5. The van der Waals surface area contributed by atoms with Crippen molar-refractivity contribution in [2.45, 2.75) is 45.9 Å². The van der Waals surface area contributed by atoms with Crippen LogP contribution in [0.25, 0.3) is 10.9 Å². The third-order valence-corrected chi connectivity index (χ3v) is 6.17. The van der Waals surface area contributed by atoms with Crippen LogP contribution < -0.4 is 10.9 Å². The van der Waals surface area contributed by atoms with Crippen molar-refractivity contribution < 1.29 is 4.74 Å². The summed E-state index contributed by atoms with van der Waals surface area (Å²) in [7, 11) is 0. The predicted molar refractivity (Wildman–Crippen MR) is 127 cm³/mol. The summed E-state index contributed by atoms with van der Waals surface area (Å²) in [5, 5.41) is 5.02. The van der Waals surface area contributed by atoms with Crippen molar-refractivity contribution in [1.82, 2.24) is 20.2 Å². The highest BCUT2D eigenvalue weighted by Crippen LogP contribution is 2.20. The molecule has 0 saturated carbocycles. The van der Waals surface area contributed by atoms with E-state index < -0.39 is 0 Å². The molecule has 0 radical (unpaired) electrons. The highest BCUT2D eigenvalue weighted by Gasteiger charge is 2.19. The zero-order chi connectivity index (χ0) is 21.8. The second-order valence-corrected chi connectivity index (χ2v) is 8.54. The highest BCUT2D eigenvalue weighted by molar-refractivity contribution is 7.80. The Bertz CT molecular complexity index is 1120. The van der Waals surface area contributed by atoms with Gasteiger partial charge in [0, 0.05) is 43.0 Å². The number of aromatic amines is 1. The minimum absolute atomic E-state index is 0.0840. The number of hydrogen-bond donors (Lipinski definition) is 2. The summed E-state index contributed by atoms with van der Waals surface area (Å²) in [6.07, 6.45) is 5.90. The molecule has 0 bridgehead atoms. The number of thiocarbonyl (C=S) groups is 1. The van der Waals surface area contributed by atoms with Gasteiger partial charge in [-0.15, -0.1) is 0 Å². The molecule has 0 amide bonds. The summed E-state index contributed by atoms with van der Waals surface area (Å²) in [5.74, 6) is 0. The van der Waals surface area contributed by atoms with Crippen molar-refractivity contribution in [3.63, 3.8) is 0 Å². The number of hydrogen-bond acceptors (Lipinski definition) is 4. The van der Waals surface area contributed by atoms with Gasteiger partial charge in [0.15, 0.2) is 5.11 Å². The van der Waals surface area contributed by atoms with E-state index in [1.807, 2.05) is 42.3 Å². The van der Waals surface area contributed by atoms with E-state index in [0.29, 0.717) is 30.3 Å². The van der Waals surface area contributed by atoms with E-state index >= 15 is 0 Å². The molecule has 0 unspecified atom stereocenters. The molecular formula is C24H28N4O2S. The van der Waals surface area contributed by atoms with Gasteiger partial charge in [0.2, 0.25) is 0 Å². The van der Waals surface area contributed by atoms with Crippen molar-refractivity contribution in [3.05, 3.63) is 75.3 Å². The Morgan fingerprint density at radius 3 is 2.87 bits per heavy atom. The lowest BCUT2D eigenvalue weighted by atomic mass is 10.0. The average molecular weight is 437 g/mol. The van der Waals surface area contributed by atoms with Crippen LogP contribution >= 0.6 is 12.2 Å². The first-order chi connectivity index (χ1) is 15.0. The van der Waals surface area contributed by atoms with Crippen molar-refractivity contribution in [1.29, 1.82) is 0 Å². The summed E-state index contributed by atoms with van der Waals surface area (Å²) < 4.78 is 5.71. The Morgan fingerprint density at radius 2 is 2.13 bits per heavy atom. The van der Waals surface area contributed by atoms with E-state index in [9.17, 15) is 4.79 Å². The third kappa shape index (κ3) is 5.11. The van der Waals surface area contributed by atoms with Gasteiger partial charge in [-0.3, -0.25) is 9.78 Å². The molecule has 162 valence electrons. The lowest BCUT2D eigenvalue weighted by Crippen LogP contribution is -2.42. The molecule has 0 spiro atoms. The van der Waals surface area contributed by atoms with Crippen LogP contribution in [0, 0.1) is 13.8 Å². The summed E-state index contributed by atoms with van der Waals surface area (Å²) in [6.45, 7) is 6.53. The molecule has 0 aliphatic carbocycles. The molecular weight excluding hydrogens is 408 g/mol. The summed E-state index contributed by atoms with van der Waals surface area (Å²) in [4.78, 5) is 22.2. The molecule has 1 fully saturated rings. The topological polar surface area (TPSA) is 70.2 Å². The zero-order valence-corrected chi connectivity index (χ0v) is 18.8. The van der Waals surface area contributed by atoms with Crippen LogP contribution in [0.15, 0.2) is 47.5 Å². The summed E-state index contributed by atoms with van der Waals surface area (Å²) in [5.41, 5.74) is 4.73. The molecule has 1 aromatic carbocycles. The number of rotatable bonds is 6. The monoisotopic (exact) mass is 436 g/mol. The van der Waals surface area contributed by atoms with Gasteiger partial charge < -0.3 is 19.9 Å². The minimum Gasteiger partial charge on any atom is -0.376 e. The molecule has 1 aliphatic rings. The summed E-state index contributed by atoms with van der Waals surface area (Å²) in [6, 6.07) is 10.0. The second-order valence-electron chi connectivity index (χ2n) is 8.15. The predicted octanol–water partition coefficient (Wildman–Crippen LogP) is 3.60. The van der Waals surface area contributed by atoms with Crippen LogP contribution in [0.3, 0.4) is 0 Å². The van der Waals surface area contributed by atoms with E-state index in [4.69, 9.17) is 17.0 Å². The fraction of sp³-hybridized carbons (Fsp3) is 0.375. The maximum atomic E-state index is 12.9. The number of fused-ring (bicyclic) bond motifs is 1. The first-order valence-corrected chi connectivity index (χ1v) is 11.1. The van der Waals surface area contributed by atoms with Gasteiger partial charge in [-0.1, -0.05) is 18.2 Å². The van der Waals surface area contributed by atoms with Gasteiger partial charge >= 0.3 is 0 Å². The molecule has 31 heavy (non-hydrogen) atoms. The molecule has 1 atom stereocenters. The Labute approximate surface area is 187 Å². The van der Waals surface area contributed by atoms with Crippen LogP contribution in [0.5, 0.6) is 0 Å². The molecule has 6 nitrogen and oxygen atoms in total. The van der Waals surface area contributed by atoms with Crippen molar-refractivity contribution in [3.8, 4) is 0 Å². The number of aromatic nitrogens is 2. The normalized spacial score (nSPS) is 15.9. The Kier molecular flexibility index (Phi) is 6.63. The molecule has 1 aliphatic heterocycles. The Morgan fingerprint density at radius 1 is 1.29 bits per heavy atom. The SMILES string of the molecule is Cc1ccc(C)c2[nH]c(=O)c(CN(Cc3cccnc3)C(=S)NC[C@H]3CCCO3)cc12. The molecule has 2 N–H and O–H groups in total. The maximum Gasteiger partial charge on any atom is 0.253 e.